The van der Waals surface area contributed by atoms with Gasteiger partial charge in [-0.15, -0.1) is 0 Å². The molecule has 0 heterocycles. The summed E-state index contributed by atoms with van der Waals surface area (Å²) in [6.07, 6.45) is 0.936. The van der Waals surface area contributed by atoms with Gasteiger partial charge in [-0.3, -0.25) is 19.2 Å². The number of ether oxygens (including phenoxy) is 1. The predicted octanol–water partition coefficient (Wildman–Crippen LogP) is 1.31. The standard InChI is InChI=1S/C25H27NO9/c1-2-7-35-17(29)6-4-11-3-5-15(27)19-14(11)9-12-8-13-10-16(28)20(24(26)33)23(32)25(13,34)22(31)18(12)21(19)30/h3,5,12-13,27,30,32,34H,2,4,6-10H2,1H3,(H2,26,33)/t12-,13+,25+/m1/s1. The fourth-order valence-electron chi connectivity index (χ4n) is 5.44. The van der Waals surface area contributed by atoms with Gasteiger partial charge in [-0.1, -0.05) is 13.0 Å². The van der Waals surface area contributed by atoms with Crippen LogP contribution in [0.1, 0.15) is 49.3 Å². The van der Waals surface area contributed by atoms with Crippen molar-refractivity contribution in [2.75, 3.05) is 6.61 Å². The van der Waals surface area contributed by atoms with Crippen LogP contribution in [0.3, 0.4) is 0 Å². The van der Waals surface area contributed by atoms with Gasteiger partial charge in [0, 0.05) is 24.3 Å². The Labute approximate surface area is 200 Å². The molecule has 0 radical (unpaired) electrons. The molecule has 0 aromatic heterocycles. The van der Waals surface area contributed by atoms with Gasteiger partial charge in [0.1, 0.15) is 22.8 Å². The SMILES string of the molecule is CCCOC(=O)CCc1ccc(O)c2c1C[C@H]1C[C@H]3CC(=O)C(C(N)=O)=C(O)[C@@]3(O)C(=O)C1=C2O. The second-order valence-corrected chi connectivity index (χ2v) is 9.22. The Morgan fingerprint density at radius 1 is 1.17 bits per heavy atom. The molecule has 0 bridgehead atoms. The molecule has 0 aliphatic heterocycles. The number of Topliss-reactive ketones (excluding diaryl/α,β-unsaturated/α-hetero) is 2. The Hall–Kier alpha value is -3.66. The minimum absolute atomic E-state index is 0.0107. The molecule has 1 aromatic rings. The van der Waals surface area contributed by atoms with Crippen LogP contribution in [0, 0.1) is 11.8 Å². The van der Waals surface area contributed by atoms with Gasteiger partial charge < -0.3 is 30.9 Å². The van der Waals surface area contributed by atoms with Gasteiger partial charge in [-0.25, -0.2) is 0 Å². The van der Waals surface area contributed by atoms with E-state index >= 15 is 0 Å². The predicted molar refractivity (Wildman–Crippen MR) is 121 cm³/mol. The lowest BCUT2D eigenvalue weighted by Gasteiger charge is -2.46. The quantitative estimate of drug-likeness (QED) is 0.293. The van der Waals surface area contributed by atoms with Crippen LogP contribution in [0.25, 0.3) is 5.76 Å². The molecule has 1 aromatic carbocycles. The number of aryl methyl sites for hydroxylation is 1. The van der Waals surface area contributed by atoms with Crippen molar-refractivity contribution in [2.45, 2.75) is 51.0 Å². The maximum Gasteiger partial charge on any atom is 0.306 e. The number of hydrogen-bond donors (Lipinski definition) is 5. The third-order valence-corrected chi connectivity index (χ3v) is 7.11. The van der Waals surface area contributed by atoms with Crippen LogP contribution in [0.2, 0.25) is 0 Å². The average molecular weight is 485 g/mol. The largest absolute Gasteiger partial charge is 0.508 e. The molecule has 6 N–H and O–H groups in total. The summed E-state index contributed by atoms with van der Waals surface area (Å²) in [6, 6.07) is 2.98. The second kappa shape index (κ2) is 8.84. The lowest BCUT2D eigenvalue weighted by Crippen LogP contribution is -2.58. The molecule has 1 fully saturated rings. The smallest absolute Gasteiger partial charge is 0.306 e. The number of rotatable bonds is 6. The Bertz CT molecular complexity index is 1210. The molecule has 1 saturated carbocycles. The summed E-state index contributed by atoms with van der Waals surface area (Å²) in [5.74, 6) is -7.05. The highest BCUT2D eigenvalue weighted by molar-refractivity contribution is 6.22. The molecule has 0 unspecified atom stereocenters. The second-order valence-electron chi connectivity index (χ2n) is 9.22. The Balaban J connectivity index is 1.76. The molecule has 4 rings (SSSR count). The third kappa shape index (κ3) is 3.78. The number of fused-ring (bicyclic) bond motifs is 3. The monoisotopic (exact) mass is 485 g/mol. The Morgan fingerprint density at radius 2 is 1.89 bits per heavy atom. The number of benzene rings is 1. The number of phenolic OH excluding ortho intramolecular Hbond substituents is 1. The number of carbonyl (C=O) groups excluding carboxylic acids is 4. The van der Waals surface area contributed by atoms with E-state index in [9.17, 15) is 39.6 Å². The topological polar surface area (TPSA) is 184 Å². The zero-order chi connectivity index (χ0) is 25.7. The number of hydrogen-bond acceptors (Lipinski definition) is 9. The molecule has 186 valence electrons. The van der Waals surface area contributed by atoms with Crippen LogP contribution < -0.4 is 5.73 Å². The highest BCUT2D eigenvalue weighted by Crippen LogP contribution is 2.52. The molecule has 10 nitrogen and oxygen atoms in total. The van der Waals surface area contributed by atoms with E-state index in [-0.39, 0.29) is 55.0 Å². The van der Waals surface area contributed by atoms with Crippen LogP contribution >= 0.6 is 0 Å². The summed E-state index contributed by atoms with van der Waals surface area (Å²) >= 11 is 0. The van der Waals surface area contributed by atoms with Crippen molar-refractivity contribution in [3.05, 3.63) is 45.7 Å². The van der Waals surface area contributed by atoms with E-state index in [2.05, 4.69) is 0 Å². The van der Waals surface area contributed by atoms with Crippen molar-refractivity contribution in [3.63, 3.8) is 0 Å². The average Bonchev–Trinajstić information content (AvgIpc) is 2.79. The Morgan fingerprint density at radius 3 is 2.54 bits per heavy atom. The van der Waals surface area contributed by atoms with E-state index in [0.29, 0.717) is 24.2 Å². The summed E-state index contributed by atoms with van der Waals surface area (Å²) in [5.41, 5.74) is 2.81. The maximum atomic E-state index is 13.5. The van der Waals surface area contributed by atoms with Gasteiger partial charge >= 0.3 is 5.97 Å². The number of ketones is 2. The van der Waals surface area contributed by atoms with Crippen LogP contribution in [-0.2, 0) is 36.8 Å². The number of phenols is 1. The first-order valence-electron chi connectivity index (χ1n) is 11.5. The van der Waals surface area contributed by atoms with Crippen LogP contribution in [-0.4, -0.2) is 56.1 Å². The fourth-order valence-corrected chi connectivity index (χ4v) is 5.44. The van der Waals surface area contributed by atoms with Gasteiger partial charge in [-0.2, -0.15) is 0 Å². The first-order chi connectivity index (χ1) is 16.5. The number of esters is 1. The van der Waals surface area contributed by atoms with Crippen molar-refractivity contribution in [1.29, 1.82) is 0 Å². The molecular weight excluding hydrogens is 458 g/mol. The molecule has 1 amide bonds. The van der Waals surface area contributed by atoms with Crippen molar-refractivity contribution < 1.29 is 44.3 Å². The third-order valence-electron chi connectivity index (χ3n) is 7.11. The minimum atomic E-state index is -2.59. The highest BCUT2D eigenvalue weighted by atomic mass is 16.5. The van der Waals surface area contributed by atoms with Crippen LogP contribution in [0.4, 0.5) is 0 Å². The highest BCUT2D eigenvalue weighted by Gasteiger charge is 2.60. The summed E-state index contributed by atoms with van der Waals surface area (Å²) in [7, 11) is 0. The molecular formula is C25H27NO9. The number of nitrogens with two attached hydrogens (primary N) is 1. The van der Waals surface area contributed by atoms with E-state index < -0.39 is 52.0 Å². The molecule has 0 saturated heterocycles. The molecule has 3 aliphatic rings. The summed E-state index contributed by atoms with van der Waals surface area (Å²) in [6.45, 7) is 2.19. The number of aliphatic hydroxyl groups excluding tert-OH is 2. The van der Waals surface area contributed by atoms with Crippen molar-refractivity contribution in [1.82, 2.24) is 0 Å². The molecule has 3 atom stereocenters. The molecule has 10 heteroatoms. The van der Waals surface area contributed by atoms with Gasteiger partial charge in [0.05, 0.1) is 12.2 Å². The van der Waals surface area contributed by atoms with Gasteiger partial charge in [0.2, 0.25) is 5.78 Å². The van der Waals surface area contributed by atoms with Crippen molar-refractivity contribution in [3.8, 4) is 5.75 Å². The van der Waals surface area contributed by atoms with E-state index in [1.165, 1.54) is 6.07 Å². The summed E-state index contributed by atoms with van der Waals surface area (Å²) in [5, 5.41) is 43.4. The number of aliphatic hydroxyl groups is 3. The normalized spacial score (nSPS) is 25.7. The fraction of sp³-hybridized carbons (Fsp3) is 0.440. The van der Waals surface area contributed by atoms with E-state index in [0.717, 1.165) is 0 Å². The van der Waals surface area contributed by atoms with Gasteiger partial charge in [0.25, 0.3) is 5.91 Å². The number of aromatic hydroxyl groups is 1. The molecule has 3 aliphatic carbocycles. The zero-order valence-corrected chi connectivity index (χ0v) is 19.2. The van der Waals surface area contributed by atoms with E-state index in [1.807, 2.05) is 6.92 Å². The minimum Gasteiger partial charge on any atom is -0.508 e. The number of primary amides is 1. The summed E-state index contributed by atoms with van der Waals surface area (Å²) in [4.78, 5) is 49.6. The number of carbonyl (C=O) groups is 4. The van der Waals surface area contributed by atoms with Crippen LogP contribution in [0.15, 0.2) is 29.0 Å². The maximum absolute atomic E-state index is 13.5. The Kier molecular flexibility index (Phi) is 6.18. The van der Waals surface area contributed by atoms with E-state index in [1.54, 1.807) is 6.07 Å². The zero-order valence-electron chi connectivity index (χ0n) is 19.2. The summed E-state index contributed by atoms with van der Waals surface area (Å²) < 4.78 is 5.11. The van der Waals surface area contributed by atoms with Gasteiger partial charge in [0.15, 0.2) is 11.4 Å². The first-order valence-corrected chi connectivity index (χ1v) is 11.5. The lowest BCUT2D eigenvalue weighted by atomic mass is 9.59. The van der Waals surface area contributed by atoms with Crippen LogP contribution in [0.5, 0.6) is 5.75 Å². The first kappa shape index (κ1) is 24.5. The number of amides is 1. The lowest BCUT2D eigenvalue weighted by molar-refractivity contribution is -0.147. The molecule has 35 heavy (non-hydrogen) atoms. The molecule has 0 spiro atoms. The van der Waals surface area contributed by atoms with Crippen molar-refractivity contribution >= 4 is 29.2 Å². The van der Waals surface area contributed by atoms with Crippen molar-refractivity contribution in [2.24, 2.45) is 17.6 Å². The van der Waals surface area contributed by atoms with E-state index in [4.69, 9.17) is 10.5 Å². The van der Waals surface area contributed by atoms with Gasteiger partial charge in [-0.05, 0) is 48.8 Å².